The quantitative estimate of drug-likeness (QED) is 0.451. The maximum atomic E-state index is 12.9. The molecule has 1 saturated heterocycles. The summed E-state index contributed by atoms with van der Waals surface area (Å²) in [5.74, 6) is 2.02. The molecule has 31 heavy (non-hydrogen) atoms. The lowest BCUT2D eigenvalue weighted by atomic mass is 10.1. The Morgan fingerprint density at radius 3 is 2.55 bits per heavy atom. The number of aryl methyl sites for hydroxylation is 1. The summed E-state index contributed by atoms with van der Waals surface area (Å²) < 4.78 is 8.17. The molecule has 0 N–H and O–H groups in total. The van der Waals surface area contributed by atoms with Crippen LogP contribution in [0.3, 0.4) is 0 Å². The van der Waals surface area contributed by atoms with E-state index in [0.29, 0.717) is 26.1 Å². The van der Waals surface area contributed by atoms with Crippen molar-refractivity contribution in [1.29, 1.82) is 0 Å². The van der Waals surface area contributed by atoms with Gasteiger partial charge in [0.15, 0.2) is 0 Å². The summed E-state index contributed by atoms with van der Waals surface area (Å²) in [7, 11) is 0. The molecule has 1 aliphatic heterocycles. The molecule has 4 aromatic rings. The van der Waals surface area contributed by atoms with E-state index in [1.807, 2.05) is 84.6 Å². The molecule has 0 aliphatic carbocycles. The Balaban J connectivity index is 1.42. The summed E-state index contributed by atoms with van der Waals surface area (Å²) in [4.78, 5) is 19.7. The van der Waals surface area contributed by atoms with Crippen LogP contribution in [0.1, 0.15) is 23.7 Å². The van der Waals surface area contributed by atoms with Crippen molar-refractivity contribution in [2.75, 3.05) is 18.1 Å². The zero-order valence-electron chi connectivity index (χ0n) is 17.6. The van der Waals surface area contributed by atoms with Crippen LogP contribution in [0.4, 0.5) is 5.69 Å². The summed E-state index contributed by atoms with van der Waals surface area (Å²) in [5.41, 5.74) is 4.14. The van der Waals surface area contributed by atoms with Crippen molar-refractivity contribution in [1.82, 2.24) is 9.55 Å². The van der Waals surface area contributed by atoms with E-state index in [2.05, 4.69) is 10.6 Å². The van der Waals surface area contributed by atoms with Gasteiger partial charge in [-0.3, -0.25) is 4.79 Å². The lowest BCUT2D eigenvalue weighted by molar-refractivity contribution is -0.117. The summed E-state index contributed by atoms with van der Waals surface area (Å²) in [6, 6.07) is 26.0. The van der Waals surface area contributed by atoms with Crippen LogP contribution >= 0.6 is 0 Å². The van der Waals surface area contributed by atoms with E-state index in [9.17, 15) is 4.79 Å². The van der Waals surface area contributed by atoms with Crippen molar-refractivity contribution in [3.05, 3.63) is 90.3 Å². The fourth-order valence-corrected chi connectivity index (χ4v) is 4.39. The highest BCUT2D eigenvalue weighted by atomic mass is 16.5. The monoisotopic (exact) mass is 411 g/mol. The van der Waals surface area contributed by atoms with Gasteiger partial charge < -0.3 is 14.2 Å². The number of rotatable bonds is 6. The number of imidazole rings is 1. The van der Waals surface area contributed by atoms with Gasteiger partial charge in [0.2, 0.25) is 5.91 Å². The first-order chi connectivity index (χ1) is 15.2. The molecule has 1 fully saturated rings. The van der Waals surface area contributed by atoms with Crippen LogP contribution in [0.15, 0.2) is 78.9 Å². The lowest BCUT2D eigenvalue weighted by Crippen LogP contribution is -2.25. The normalized spacial score (nSPS) is 16.2. The van der Waals surface area contributed by atoms with Crippen LogP contribution < -0.4 is 9.64 Å². The fourth-order valence-electron chi connectivity index (χ4n) is 4.39. The Labute approximate surface area is 181 Å². The highest BCUT2D eigenvalue weighted by molar-refractivity contribution is 5.97. The van der Waals surface area contributed by atoms with E-state index in [0.717, 1.165) is 33.9 Å². The highest BCUT2D eigenvalue weighted by Gasteiger charge is 2.35. The van der Waals surface area contributed by atoms with E-state index in [1.165, 1.54) is 0 Å². The van der Waals surface area contributed by atoms with Crippen LogP contribution in [0, 0.1) is 6.92 Å². The second kappa shape index (κ2) is 8.26. The smallest absolute Gasteiger partial charge is 0.227 e. The number of carbonyl (C=O) groups is 1. The standard InChI is InChI=1S/C26H25N3O2/c1-19-9-5-7-13-23(19)29-18-20(17-25(29)30)26-27-22-12-6-8-14-24(22)28(26)15-16-31-21-10-3-2-4-11-21/h2-14,20H,15-18H2,1H3/t20-/m1/s1. The van der Waals surface area contributed by atoms with Crippen molar-refractivity contribution >= 4 is 22.6 Å². The number of para-hydroxylation sites is 4. The summed E-state index contributed by atoms with van der Waals surface area (Å²) >= 11 is 0. The van der Waals surface area contributed by atoms with Gasteiger partial charge in [-0.15, -0.1) is 0 Å². The number of ether oxygens (including phenoxy) is 1. The summed E-state index contributed by atoms with van der Waals surface area (Å²) in [6.07, 6.45) is 0.469. The molecule has 1 amide bonds. The average Bonchev–Trinajstić information content (AvgIpc) is 3.35. The zero-order chi connectivity index (χ0) is 21.2. The van der Waals surface area contributed by atoms with Crippen molar-refractivity contribution in [2.45, 2.75) is 25.8 Å². The third kappa shape index (κ3) is 3.79. The van der Waals surface area contributed by atoms with Crippen LogP contribution in [0.5, 0.6) is 5.75 Å². The van der Waals surface area contributed by atoms with E-state index in [4.69, 9.17) is 9.72 Å². The van der Waals surface area contributed by atoms with Crippen LogP contribution in [0.25, 0.3) is 11.0 Å². The molecule has 5 rings (SSSR count). The highest BCUT2D eigenvalue weighted by Crippen LogP contribution is 2.34. The Hall–Kier alpha value is -3.60. The minimum absolute atomic E-state index is 0.0521. The molecule has 5 nitrogen and oxygen atoms in total. The molecule has 156 valence electrons. The number of amides is 1. The van der Waals surface area contributed by atoms with Crippen molar-refractivity contribution < 1.29 is 9.53 Å². The van der Waals surface area contributed by atoms with Gasteiger partial charge in [0.25, 0.3) is 0 Å². The minimum Gasteiger partial charge on any atom is -0.492 e. The Morgan fingerprint density at radius 2 is 1.71 bits per heavy atom. The molecule has 1 atom stereocenters. The van der Waals surface area contributed by atoms with Gasteiger partial charge in [0, 0.05) is 24.6 Å². The van der Waals surface area contributed by atoms with E-state index in [-0.39, 0.29) is 11.8 Å². The zero-order valence-corrected chi connectivity index (χ0v) is 17.6. The van der Waals surface area contributed by atoms with E-state index < -0.39 is 0 Å². The Kier molecular flexibility index (Phi) is 5.16. The number of carbonyl (C=O) groups excluding carboxylic acids is 1. The molecule has 2 heterocycles. The van der Waals surface area contributed by atoms with Gasteiger partial charge in [-0.25, -0.2) is 4.98 Å². The van der Waals surface area contributed by atoms with Crippen LogP contribution in [-0.4, -0.2) is 28.6 Å². The average molecular weight is 412 g/mol. The number of fused-ring (bicyclic) bond motifs is 1. The molecule has 1 aromatic heterocycles. The third-order valence-corrected chi connectivity index (χ3v) is 5.91. The van der Waals surface area contributed by atoms with E-state index in [1.54, 1.807) is 0 Å². The SMILES string of the molecule is Cc1ccccc1N1C[C@H](c2nc3ccccc3n2CCOc2ccccc2)CC1=O. The van der Waals surface area contributed by atoms with Crippen LogP contribution in [0.2, 0.25) is 0 Å². The first-order valence-corrected chi connectivity index (χ1v) is 10.7. The fraction of sp³-hybridized carbons (Fsp3) is 0.231. The summed E-state index contributed by atoms with van der Waals surface area (Å²) in [5, 5.41) is 0. The number of nitrogens with zero attached hydrogens (tertiary/aromatic N) is 3. The molecule has 0 spiro atoms. The largest absolute Gasteiger partial charge is 0.492 e. The molecule has 1 aliphatic rings. The Bertz CT molecular complexity index is 1220. The maximum Gasteiger partial charge on any atom is 0.227 e. The number of benzene rings is 3. The third-order valence-electron chi connectivity index (χ3n) is 5.91. The first kappa shape index (κ1) is 19.4. The number of aromatic nitrogens is 2. The maximum absolute atomic E-state index is 12.9. The van der Waals surface area contributed by atoms with Crippen molar-refractivity contribution in [2.24, 2.45) is 0 Å². The number of hydrogen-bond donors (Lipinski definition) is 0. The number of hydrogen-bond acceptors (Lipinski definition) is 3. The van der Waals surface area contributed by atoms with Crippen LogP contribution in [-0.2, 0) is 11.3 Å². The molecule has 3 aromatic carbocycles. The molecule has 5 heteroatoms. The molecular weight excluding hydrogens is 386 g/mol. The molecule has 0 unspecified atom stereocenters. The molecular formula is C26H25N3O2. The van der Waals surface area contributed by atoms with Crippen molar-refractivity contribution in [3.63, 3.8) is 0 Å². The molecule has 0 bridgehead atoms. The Morgan fingerprint density at radius 1 is 0.968 bits per heavy atom. The molecule has 0 saturated carbocycles. The van der Waals surface area contributed by atoms with Gasteiger partial charge in [-0.05, 0) is 42.8 Å². The van der Waals surface area contributed by atoms with Gasteiger partial charge in [-0.2, -0.15) is 0 Å². The second-order valence-electron chi connectivity index (χ2n) is 7.96. The minimum atomic E-state index is 0.0521. The van der Waals surface area contributed by atoms with E-state index >= 15 is 0 Å². The predicted octanol–water partition coefficient (Wildman–Crippen LogP) is 4.94. The molecule has 0 radical (unpaired) electrons. The van der Waals surface area contributed by atoms with Gasteiger partial charge >= 0.3 is 0 Å². The summed E-state index contributed by atoms with van der Waals surface area (Å²) in [6.45, 7) is 3.91. The second-order valence-corrected chi connectivity index (χ2v) is 7.96. The van der Waals surface area contributed by atoms with Gasteiger partial charge in [-0.1, -0.05) is 48.5 Å². The first-order valence-electron chi connectivity index (χ1n) is 10.7. The topological polar surface area (TPSA) is 47.4 Å². The number of anilines is 1. The van der Waals surface area contributed by atoms with Gasteiger partial charge in [0.1, 0.15) is 18.2 Å². The lowest BCUT2D eigenvalue weighted by Gasteiger charge is -2.19. The van der Waals surface area contributed by atoms with Gasteiger partial charge in [0.05, 0.1) is 17.6 Å². The predicted molar refractivity (Wildman–Crippen MR) is 123 cm³/mol. The van der Waals surface area contributed by atoms with Crippen molar-refractivity contribution in [3.8, 4) is 5.75 Å².